The minimum absolute atomic E-state index is 0.0166. The molecule has 1 aromatic carbocycles. The zero-order valence-electron chi connectivity index (χ0n) is 15.2. The number of aliphatic hydroxyl groups excluding tert-OH is 1. The molecule has 3 aliphatic rings. The fourth-order valence-corrected chi connectivity index (χ4v) is 6.11. The van der Waals surface area contributed by atoms with E-state index in [0.29, 0.717) is 17.8 Å². The number of carbonyl (C=O) groups excluding carboxylic acids is 1. The molecule has 2 saturated carbocycles. The number of benzene rings is 1. The molecular formula is C22H28O3. The lowest BCUT2D eigenvalue weighted by Crippen LogP contribution is -2.48. The first kappa shape index (κ1) is 16.8. The summed E-state index contributed by atoms with van der Waals surface area (Å²) < 4.78 is 5.35. The van der Waals surface area contributed by atoms with Gasteiger partial charge in [-0.3, -0.25) is 4.79 Å². The predicted octanol–water partition coefficient (Wildman–Crippen LogP) is 4.35. The van der Waals surface area contributed by atoms with E-state index in [0.717, 1.165) is 43.4 Å². The van der Waals surface area contributed by atoms with Gasteiger partial charge in [-0.25, -0.2) is 0 Å². The van der Waals surface area contributed by atoms with Crippen molar-refractivity contribution in [3.8, 4) is 5.75 Å². The molecule has 0 aromatic heterocycles. The van der Waals surface area contributed by atoms with Crippen LogP contribution < -0.4 is 4.74 Å². The van der Waals surface area contributed by atoms with E-state index in [1.165, 1.54) is 5.56 Å². The summed E-state index contributed by atoms with van der Waals surface area (Å²) in [4.78, 5) is 13.3. The molecule has 3 aliphatic carbocycles. The molecule has 0 saturated heterocycles. The Bertz CT molecular complexity index is 709. The van der Waals surface area contributed by atoms with E-state index in [2.05, 4.69) is 19.6 Å². The zero-order chi connectivity index (χ0) is 17.8. The number of methoxy groups -OCH3 is 1. The topological polar surface area (TPSA) is 46.5 Å². The Hall–Kier alpha value is -1.61. The third-order valence-electron chi connectivity index (χ3n) is 7.43. The SMILES string of the molecule is C=CCC1C(=O)c2cc(OC)ccc2[C@H]2CC[C@]3(C)C(O)CC[C@H]3[C@H]12. The Morgan fingerprint density at radius 3 is 2.88 bits per heavy atom. The first-order chi connectivity index (χ1) is 12.0. The molecule has 4 rings (SSSR count). The largest absolute Gasteiger partial charge is 0.497 e. The predicted molar refractivity (Wildman–Crippen MR) is 97.9 cm³/mol. The summed E-state index contributed by atoms with van der Waals surface area (Å²) in [7, 11) is 1.64. The van der Waals surface area contributed by atoms with Gasteiger partial charge in [0.15, 0.2) is 5.78 Å². The molecule has 0 heterocycles. The summed E-state index contributed by atoms with van der Waals surface area (Å²) in [5.41, 5.74) is 2.00. The lowest BCUT2D eigenvalue weighted by atomic mass is 9.52. The van der Waals surface area contributed by atoms with E-state index >= 15 is 0 Å². The molecule has 6 atom stereocenters. The summed E-state index contributed by atoms with van der Waals surface area (Å²) in [6.07, 6.45) is 6.38. The molecule has 0 bridgehead atoms. The van der Waals surface area contributed by atoms with Crippen LogP contribution in [0.5, 0.6) is 5.75 Å². The normalized spacial score (nSPS) is 39.3. The van der Waals surface area contributed by atoms with E-state index in [9.17, 15) is 9.90 Å². The van der Waals surface area contributed by atoms with Crippen LogP contribution in [0.4, 0.5) is 0 Å². The fourth-order valence-electron chi connectivity index (χ4n) is 6.11. The van der Waals surface area contributed by atoms with Gasteiger partial charge in [-0.1, -0.05) is 19.1 Å². The number of ketones is 1. The second kappa shape index (κ2) is 5.98. The summed E-state index contributed by atoms with van der Waals surface area (Å²) in [5.74, 6) is 2.12. The number of rotatable bonds is 3. The standard InChI is InChI=1S/C22H28O3/c1-4-5-16-20-15(10-11-22(2)18(20)8-9-19(22)23)14-7-6-13(25-3)12-17(14)21(16)24/h4,6-7,12,15-16,18-20,23H,1,5,8-11H2,2-3H3/t15-,16?,18+,19?,20+,22+/m1/s1. The molecule has 0 amide bonds. The van der Waals surface area contributed by atoms with Gasteiger partial charge in [0.05, 0.1) is 13.2 Å². The van der Waals surface area contributed by atoms with Crippen LogP contribution in [0.3, 0.4) is 0 Å². The number of fused-ring (bicyclic) bond motifs is 5. The highest BCUT2D eigenvalue weighted by atomic mass is 16.5. The van der Waals surface area contributed by atoms with Crippen LogP contribution in [-0.4, -0.2) is 24.1 Å². The van der Waals surface area contributed by atoms with Crippen LogP contribution in [0.15, 0.2) is 30.9 Å². The zero-order valence-corrected chi connectivity index (χ0v) is 15.2. The summed E-state index contributed by atoms with van der Waals surface area (Å²) in [6, 6.07) is 6.00. The molecule has 3 nitrogen and oxygen atoms in total. The van der Waals surface area contributed by atoms with Gasteiger partial charge >= 0.3 is 0 Å². The highest BCUT2D eigenvalue weighted by molar-refractivity contribution is 6.01. The van der Waals surface area contributed by atoms with Crippen molar-refractivity contribution in [3.05, 3.63) is 42.0 Å². The third-order valence-corrected chi connectivity index (χ3v) is 7.43. The Kier molecular flexibility index (Phi) is 4.03. The number of aliphatic hydroxyl groups is 1. The number of hydrogen-bond donors (Lipinski definition) is 1. The number of ether oxygens (including phenoxy) is 1. The van der Waals surface area contributed by atoms with Gasteiger partial charge in [0.25, 0.3) is 0 Å². The molecule has 3 heteroatoms. The lowest BCUT2D eigenvalue weighted by Gasteiger charge is -2.52. The fraction of sp³-hybridized carbons (Fsp3) is 0.591. The maximum absolute atomic E-state index is 13.3. The van der Waals surface area contributed by atoms with Crippen LogP contribution in [0.2, 0.25) is 0 Å². The van der Waals surface area contributed by atoms with Crippen molar-refractivity contribution in [1.82, 2.24) is 0 Å². The van der Waals surface area contributed by atoms with Crippen LogP contribution in [0.1, 0.15) is 60.9 Å². The Morgan fingerprint density at radius 1 is 1.36 bits per heavy atom. The van der Waals surface area contributed by atoms with Gasteiger partial charge in [-0.05, 0) is 73.0 Å². The van der Waals surface area contributed by atoms with Crippen molar-refractivity contribution in [2.24, 2.45) is 23.2 Å². The molecule has 0 spiro atoms. The first-order valence-electron chi connectivity index (χ1n) is 9.52. The van der Waals surface area contributed by atoms with Crippen molar-refractivity contribution in [1.29, 1.82) is 0 Å². The van der Waals surface area contributed by atoms with Crippen molar-refractivity contribution in [2.75, 3.05) is 7.11 Å². The van der Waals surface area contributed by atoms with Gasteiger partial charge in [0.1, 0.15) is 5.75 Å². The maximum Gasteiger partial charge on any atom is 0.166 e. The van der Waals surface area contributed by atoms with Crippen LogP contribution in [0, 0.1) is 23.2 Å². The quantitative estimate of drug-likeness (QED) is 0.832. The second-order valence-electron chi connectivity index (χ2n) is 8.38. The minimum atomic E-state index is -0.227. The van der Waals surface area contributed by atoms with Crippen molar-refractivity contribution < 1.29 is 14.6 Å². The third kappa shape index (κ3) is 2.32. The lowest BCUT2D eigenvalue weighted by molar-refractivity contribution is -0.0335. The first-order valence-corrected chi connectivity index (χ1v) is 9.52. The van der Waals surface area contributed by atoms with Crippen LogP contribution in [0.25, 0.3) is 0 Å². The molecule has 25 heavy (non-hydrogen) atoms. The minimum Gasteiger partial charge on any atom is -0.497 e. The molecule has 134 valence electrons. The second-order valence-corrected chi connectivity index (χ2v) is 8.38. The molecule has 2 fully saturated rings. The Labute approximate surface area is 150 Å². The summed E-state index contributed by atoms with van der Waals surface area (Å²) >= 11 is 0. The summed E-state index contributed by atoms with van der Waals surface area (Å²) in [5, 5.41) is 10.6. The highest BCUT2D eigenvalue weighted by Crippen LogP contribution is 2.62. The number of allylic oxidation sites excluding steroid dienone is 1. The van der Waals surface area contributed by atoms with Gasteiger partial charge in [0.2, 0.25) is 0 Å². The molecule has 0 aliphatic heterocycles. The number of hydrogen-bond acceptors (Lipinski definition) is 3. The Morgan fingerprint density at radius 2 is 2.16 bits per heavy atom. The van der Waals surface area contributed by atoms with Crippen molar-refractivity contribution in [3.63, 3.8) is 0 Å². The average Bonchev–Trinajstić information content (AvgIpc) is 2.93. The molecule has 1 aromatic rings. The summed E-state index contributed by atoms with van der Waals surface area (Å²) in [6.45, 7) is 6.15. The van der Waals surface area contributed by atoms with Gasteiger partial charge in [-0.2, -0.15) is 0 Å². The number of Topliss-reactive ketones (excluding diaryl/α,β-unsaturated/α-hetero) is 1. The van der Waals surface area contributed by atoms with Crippen molar-refractivity contribution in [2.45, 2.75) is 51.0 Å². The van der Waals surface area contributed by atoms with Crippen LogP contribution in [-0.2, 0) is 0 Å². The van der Waals surface area contributed by atoms with E-state index in [-0.39, 0.29) is 23.2 Å². The maximum atomic E-state index is 13.3. The Balaban J connectivity index is 1.82. The molecule has 2 unspecified atom stereocenters. The average molecular weight is 340 g/mol. The highest BCUT2D eigenvalue weighted by Gasteiger charge is 2.58. The smallest absolute Gasteiger partial charge is 0.166 e. The molecule has 1 N–H and O–H groups in total. The van der Waals surface area contributed by atoms with E-state index < -0.39 is 0 Å². The molecule has 0 radical (unpaired) electrons. The monoisotopic (exact) mass is 340 g/mol. The van der Waals surface area contributed by atoms with Gasteiger partial charge < -0.3 is 9.84 Å². The van der Waals surface area contributed by atoms with E-state index in [4.69, 9.17) is 4.74 Å². The van der Waals surface area contributed by atoms with Crippen molar-refractivity contribution >= 4 is 5.78 Å². The van der Waals surface area contributed by atoms with Crippen LogP contribution >= 0.6 is 0 Å². The van der Waals surface area contributed by atoms with Gasteiger partial charge in [-0.15, -0.1) is 6.58 Å². The van der Waals surface area contributed by atoms with Gasteiger partial charge in [0, 0.05) is 11.5 Å². The van der Waals surface area contributed by atoms with E-state index in [1.807, 2.05) is 18.2 Å². The molecular weight excluding hydrogens is 312 g/mol. The number of carbonyl (C=O) groups is 1. The van der Waals surface area contributed by atoms with E-state index in [1.54, 1.807) is 7.11 Å².